The summed E-state index contributed by atoms with van der Waals surface area (Å²) < 4.78 is 28.4. The van der Waals surface area contributed by atoms with Crippen LogP contribution in [-0.4, -0.2) is 14.0 Å². The highest BCUT2D eigenvalue weighted by molar-refractivity contribution is 7.91. The van der Waals surface area contributed by atoms with Crippen molar-refractivity contribution in [3.05, 3.63) is 46.5 Å². The lowest BCUT2D eigenvalue weighted by Gasteiger charge is -2.23. The lowest BCUT2D eigenvalue weighted by molar-refractivity contribution is 0.148. The van der Waals surface area contributed by atoms with Crippen LogP contribution in [0.1, 0.15) is 19.4 Å². The lowest BCUT2D eigenvalue weighted by Crippen LogP contribution is -2.34. The van der Waals surface area contributed by atoms with Crippen LogP contribution in [0.4, 0.5) is 0 Å². The van der Waals surface area contributed by atoms with E-state index < -0.39 is 15.7 Å². The third-order valence-electron chi connectivity index (χ3n) is 3.00. The normalized spacial score (nSPS) is 27.4. The molecule has 0 aromatic heterocycles. The van der Waals surface area contributed by atoms with E-state index in [4.69, 9.17) is 9.92 Å². The number of nitrogens with two attached hydrogens (primary N) is 1. The van der Waals surface area contributed by atoms with E-state index in [-0.39, 0.29) is 4.91 Å². The Labute approximate surface area is 101 Å². The maximum atomic E-state index is 11.6. The van der Waals surface area contributed by atoms with E-state index in [1.165, 1.54) is 6.92 Å². The van der Waals surface area contributed by atoms with E-state index in [0.29, 0.717) is 12.1 Å². The molecule has 1 heterocycles. The fourth-order valence-corrected chi connectivity index (χ4v) is 3.21. The van der Waals surface area contributed by atoms with Crippen LogP contribution in [0.25, 0.3) is 0 Å². The van der Waals surface area contributed by atoms with Gasteiger partial charge >= 0.3 is 0 Å². The van der Waals surface area contributed by atoms with Crippen LogP contribution in [0, 0.1) is 0 Å². The van der Waals surface area contributed by atoms with Gasteiger partial charge in [-0.25, -0.2) is 0 Å². The predicted molar refractivity (Wildman–Crippen MR) is 65.4 cm³/mol. The molecule has 0 saturated carbocycles. The Balaban J connectivity index is 2.35. The molecule has 0 fully saturated rings. The second-order valence-electron chi connectivity index (χ2n) is 4.40. The van der Waals surface area contributed by atoms with Crippen LogP contribution in [-0.2, 0) is 20.7 Å². The summed E-state index contributed by atoms with van der Waals surface area (Å²) in [6, 6.07) is 9.54. The summed E-state index contributed by atoms with van der Waals surface area (Å²) in [7, 11) is -3.65. The summed E-state index contributed by atoms with van der Waals surface area (Å²) in [4.78, 5) is 0.121. The summed E-state index contributed by atoms with van der Waals surface area (Å²) >= 11 is 0. The molecule has 0 aliphatic carbocycles. The van der Waals surface area contributed by atoms with Gasteiger partial charge in [-0.2, -0.15) is 8.42 Å². The minimum Gasteiger partial charge on any atom is -0.399 e. The Bertz CT molecular complexity index is 563. The molecule has 1 atom stereocenters. The largest absolute Gasteiger partial charge is 0.399 e. The number of rotatable bonds is 2. The monoisotopic (exact) mass is 253 g/mol. The minimum atomic E-state index is -3.65. The number of benzene rings is 1. The maximum Gasteiger partial charge on any atom is 0.295 e. The smallest absolute Gasteiger partial charge is 0.295 e. The van der Waals surface area contributed by atoms with Crippen molar-refractivity contribution in [1.82, 2.24) is 0 Å². The molecule has 0 saturated heterocycles. The van der Waals surface area contributed by atoms with Gasteiger partial charge in [-0.1, -0.05) is 30.3 Å². The average Bonchev–Trinajstić information content (AvgIpc) is 2.40. The van der Waals surface area contributed by atoms with Gasteiger partial charge in [0.05, 0.1) is 10.6 Å². The van der Waals surface area contributed by atoms with Crippen molar-refractivity contribution >= 4 is 10.1 Å². The van der Waals surface area contributed by atoms with Crippen LogP contribution in [0.15, 0.2) is 40.9 Å². The number of hydrogen-bond acceptors (Lipinski definition) is 4. The average molecular weight is 253 g/mol. The molecule has 1 aromatic rings. The molecule has 1 aliphatic heterocycles. The van der Waals surface area contributed by atoms with Crippen LogP contribution in [0.2, 0.25) is 0 Å². The molecule has 1 aromatic carbocycles. The highest BCUT2D eigenvalue weighted by Crippen LogP contribution is 2.36. The van der Waals surface area contributed by atoms with Crippen molar-refractivity contribution in [3.63, 3.8) is 0 Å². The molecule has 0 radical (unpaired) electrons. The van der Waals surface area contributed by atoms with Crippen molar-refractivity contribution in [3.8, 4) is 0 Å². The molecule has 0 unspecified atom stereocenters. The lowest BCUT2D eigenvalue weighted by atomic mass is 9.93. The Hall–Kier alpha value is -1.33. The predicted octanol–water partition coefficient (Wildman–Crippen LogP) is 1.54. The zero-order valence-corrected chi connectivity index (χ0v) is 10.6. The fourth-order valence-electron chi connectivity index (χ4n) is 1.97. The van der Waals surface area contributed by atoms with Gasteiger partial charge in [0.1, 0.15) is 5.60 Å². The molecule has 92 valence electrons. The SMILES string of the molecule is CC1=C(N)[C@](C)(Cc2ccccc2)OS1(=O)=O. The van der Waals surface area contributed by atoms with Crippen molar-refractivity contribution < 1.29 is 12.6 Å². The van der Waals surface area contributed by atoms with Gasteiger partial charge in [-0.05, 0) is 19.4 Å². The first-order valence-electron chi connectivity index (χ1n) is 5.31. The van der Waals surface area contributed by atoms with E-state index in [1.807, 2.05) is 30.3 Å². The van der Waals surface area contributed by atoms with Crippen LogP contribution in [0.5, 0.6) is 0 Å². The molecular weight excluding hydrogens is 238 g/mol. The first-order valence-corrected chi connectivity index (χ1v) is 6.72. The highest BCUT2D eigenvalue weighted by atomic mass is 32.2. The molecule has 17 heavy (non-hydrogen) atoms. The molecule has 2 rings (SSSR count). The summed E-state index contributed by atoms with van der Waals surface area (Å²) in [6.07, 6.45) is 0.441. The molecule has 5 heteroatoms. The third-order valence-corrected chi connectivity index (χ3v) is 4.56. The van der Waals surface area contributed by atoms with Gasteiger partial charge < -0.3 is 5.73 Å². The minimum absolute atomic E-state index is 0.121. The Kier molecular flexibility index (Phi) is 2.75. The van der Waals surface area contributed by atoms with Crippen molar-refractivity contribution in [2.24, 2.45) is 5.73 Å². The second-order valence-corrected chi connectivity index (χ2v) is 6.09. The maximum absolute atomic E-state index is 11.6. The highest BCUT2D eigenvalue weighted by Gasteiger charge is 2.44. The summed E-state index contributed by atoms with van der Waals surface area (Å²) in [5, 5.41) is 0. The molecule has 0 amide bonds. The first-order chi connectivity index (χ1) is 7.85. The summed E-state index contributed by atoms with van der Waals surface area (Å²) in [6.45, 7) is 3.17. The van der Waals surface area contributed by atoms with Gasteiger partial charge in [-0.3, -0.25) is 4.18 Å². The summed E-state index contributed by atoms with van der Waals surface area (Å²) in [5.41, 5.74) is 6.17. The van der Waals surface area contributed by atoms with Crippen molar-refractivity contribution in [2.45, 2.75) is 25.9 Å². The van der Waals surface area contributed by atoms with Gasteiger partial charge in [0.25, 0.3) is 10.1 Å². The second kappa shape index (κ2) is 3.85. The van der Waals surface area contributed by atoms with E-state index in [2.05, 4.69) is 0 Å². The van der Waals surface area contributed by atoms with E-state index in [9.17, 15) is 8.42 Å². The Morgan fingerprint density at radius 1 is 1.29 bits per heavy atom. The van der Waals surface area contributed by atoms with Gasteiger partial charge in [0.2, 0.25) is 0 Å². The third kappa shape index (κ3) is 2.08. The topological polar surface area (TPSA) is 69.4 Å². The Morgan fingerprint density at radius 2 is 1.88 bits per heavy atom. The van der Waals surface area contributed by atoms with E-state index >= 15 is 0 Å². The van der Waals surface area contributed by atoms with E-state index in [1.54, 1.807) is 6.92 Å². The van der Waals surface area contributed by atoms with Crippen LogP contribution < -0.4 is 5.73 Å². The molecule has 0 bridgehead atoms. The fraction of sp³-hybridized carbons (Fsp3) is 0.333. The van der Waals surface area contributed by atoms with Crippen molar-refractivity contribution in [2.75, 3.05) is 0 Å². The summed E-state index contributed by atoms with van der Waals surface area (Å²) in [5.74, 6) is 0. The standard InChI is InChI=1S/C12H15NO3S/c1-9-11(13)12(2,16-17(9,14)15)8-10-6-4-3-5-7-10/h3-7H,8,13H2,1-2H3/t12-/m0/s1. The van der Waals surface area contributed by atoms with Crippen molar-refractivity contribution in [1.29, 1.82) is 0 Å². The first kappa shape index (κ1) is 12.1. The zero-order chi connectivity index (χ0) is 12.7. The quantitative estimate of drug-likeness (QED) is 0.812. The Morgan fingerprint density at radius 3 is 2.35 bits per heavy atom. The molecule has 0 spiro atoms. The van der Waals surface area contributed by atoms with E-state index in [0.717, 1.165) is 5.56 Å². The molecule has 2 N–H and O–H groups in total. The van der Waals surface area contributed by atoms with Gasteiger partial charge in [0, 0.05) is 6.42 Å². The van der Waals surface area contributed by atoms with Gasteiger partial charge in [0.15, 0.2) is 0 Å². The number of allylic oxidation sites excluding steroid dienone is 1. The molecular formula is C12H15NO3S. The van der Waals surface area contributed by atoms with Crippen LogP contribution >= 0.6 is 0 Å². The number of hydrogen-bond donors (Lipinski definition) is 1. The zero-order valence-electron chi connectivity index (χ0n) is 9.80. The van der Waals surface area contributed by atoms with Crippen LogP contribution in [0.3, 0.4) is 0 Å². The molecule has 1 aliphatic rings. The molecule has 4 nitrogen and oxygen atoms in total. The van der Waals surface area contributed by atoms with Gasteiger partial charge in [-0.15, -0.1) is 0 Å².